The second kappa shape index (κ2) is 8.66. The normalized spacial score (nSPS) is 17.7. The van der Waals surface area contributed by atoms with Crippen LogP contribution in [0.2, 0.25) is 0 Å². The molecule has 1 fully saturated rings. The summed E-state index contributed by atoms with van der Waals surface area (Å²) in [7, 11) is 0. The smallest absolute Gasteiger partial charge is 0.257 e. The number of nitrogens with one attached hydrogen (secondary N) is 2. The molecule has 1 aromatic heterocycles. The van der Waals surface area contributed by atoms with Crippen molar-refractivity contribution in [1.82, 2.24) is 15.2 Å². The van der Waals surface area contributed by atoms with Gasteiger partial charge < -0.3 is 15.5 Å². The van der Waals surface area contributed by atoms with Crippen LogP contribution in [0.4, 0.5) is 5.82 Å². The fourth-order valence-electron chi connectivity index (χ4n) is 2.90. The molecule has 0 aliphatic carbocycles. The first-order valence-electron chi connectivity index (χ1n) is 8.81. The Morgan fingerprint density at radius 3 is 2.92 bits per heavy atom. The van der Waals surface area contributed by atoms with Crippen molar-refractivity contribution >= 4 is 17.6 Å². The zero-order chi connectivity index (χ0) is 17.5. The summed E-state index contributed by atoms with van der Waals surface area (Å²) < 4.78 is 0. The summed E-state index contributed by atoms with van der Waals surface area (Å²) in [5, 5.41) is 6.15. The number of anilines is 1. The van der Waals surface area contributed by atoms with Gasteiger partial charge in [0.25, 0.3) is 5.91 Å². The molecule has 2 heterocycles. The van der Waals surface area contributed by atoms with Crippen molar-refractivity contribution in [2.24, 2.45) is 5.92 Å². The molecule has 1 unspecified atom stereocenters. The molecular formula is C18H28N4O2. The van der Waals surface area contributed by atoms with Gasteiger partial charge in [0.15, 0.2) is 0 Å². The van der Waals surface area contributed by atoms with Crippen molar-refractivity contribution in [3.63, 3.8) is 0 Å². The van der Waals surface area contributed by atoms with Gasteiger partial charge in [-0.3, -0.25) is 9.59 Å². The Morgan fingerprint density at radius 1 is 1.42 bits per heavy atom. The van der Waals surface area contributed by atoms with Crippen LogP contribution in [0.25, 0.3) is 0 Å². The lowest BCUT2D eigenvalue weighted by Crippen LogP contribution is -2.45. The van der Waals surface area contributed by atoms with E-state index < -0.39 is 0 Å². The fourth-order valence-corrected chi connectivity index (χ4v) is 2.90. The van der Waals surface area contributed by atoms with E-state index in [1.807, 2.05) is 20.8 Å². The van der Waals surface area contributed by atoms with Crippen LogP contribution in [-0.4, -0.2) is 47.4 Å². The van der Waals surface area contributed by atoms with E-state index in [0.29, 0.717) is 31.0 Å². The van der Waals surface area contributed by atoms with Crippen LogP contribution in [0.3, 0.4) is 0 Å². The van der Waals surface area contributed by atoms with Gasteiger partial charge in [-0.05, 0) is 45.2 Å². The Balaban J connectivity index is 2.08. The number of rotatable bonds is 6. The molecule has 2 rings (SSSR count). The summed E-state index contributed by atoms with van der Waals surface area (Å²) in [6, 6.07) is 3.76. The van der Waals surface area contributed by atoms with Gasteiger partial charge in [0, 0.05) is 31.9 Å². The zero-order valence-electron chi connectivity index (χ0n) is 14.8. The molecule has 0 radical (unpaired) electrons. The molecule has 2 N–H and O–H groups in total. The number of hydrogen-bond donors (Lipinski definition) is 2. The van der Waals surface area contributed by atoms with Gasteiger partial charge in [-0.1, -0.05) is 6.92 Å². The SMILES string of the molecule is CCCNC(=O)C1CCCN(C(=O)c2cccnc2NC(C)C)C1. The molecule has 1 aliphatic rings. The average molecular weight is 332 g/mol. The third kappa shape index (κ3) is 4.69. The van der Waals surface area contributed by atoms with E-state index in [0.717, 1.165) is 19.3 Å². The van der Waals surface area contributed by atoms with Crippen molar-refractivity contribution in [3.05, 3.63) is 23.9 Å². The molecule has 6 nitrogen and oxygen atoms in total. The summed E-state index contributed by atoms with van der Waals surface area (Å²) in [6.07, 6.45) is 4.28. The number of aromatic nitrogens is 1. The number of carbonyl (C=O) groups is 2. The van der Waals surface area contributed by atoms with Crippen molar-refractivity contribution in [3.8, 4) is 0 Å². The first kappa shape index (κ1) is 18.2. The van der Waals surface area contributed by atoms with Gasteiger partial charge in [0.1, 0.15) is 5.82 Å². The molecule has 6 heteroatoms. The highest BCUT2D eigenvalue weighted by Gasteiger charge is 2.29. The van der Waals surface area contributed by atoms with Crippen LogP contribution in [0.5, 0.6) is 0 Å². The van der Waals surface area contributed by atoms with Crippen LogP contribution >= 0.6 is 0 Å². The van der Waals surface area contributed by atoms with Crippen molar-refractivity contribution in [1.29, 1.82) is 0 Å². The molecule has 0 saturated carbocycles. The van der Waals surface area contributed by atoms with Crippen LogP contribution in [0.15, 0.2) is 18.3 Å². The molecule has 0 bridgehead atoms. The Bertz CT molecular complexity index is 574. The van der Waals surface area contributed by atoms with E-state index in [1.165, 1.54) is 0 Å². The number of nitrogens with zero attached hydrogens (tertiary/aromatic N) is 2. The number of carbonyl (C=O) groups excluding carboxylic acids is 2. The molecule has 2 amide bonds. The van der Waals surface area contributed by atoms with Crippen LogP contribution in [-0.2, 0) is 4.79 Å². The average Bonchev–Trinajstić information content (AvgIpc) is 2.59. The topological polar surface area (TPSA) is 74.3 Å². The molecule has 132 valence electrons. The Kier molecular flexibility index (Phi) is 6.58. The van der Waals surface area contributed by atoms with Crippen molar-refractivity contribution in [2.75, 3.05) is 25.0 Å². The standard InChI is InChI=1S/C18H28N4O2/c1-4-9-20-17(23)14-7-6-11-22(12-14)18(24)15-8-5-10-19-16(15)21-13(2)3/h5,8,10,13-14H,4,6-7,9,11-12H2,1-3H3,(H,19,21)(H,20,23). The molecule has 1 aromatic rings. The second-order valence-corrected chi connectivity index (χ2v) is 6.58. The van der Waals surface area contributed by atoms with E-state index in [1.54, 1.807) is 23.2 Å². The van der Waals surface area contributed by atoms with E-state index in [2.05, 4.69) is 15.6 Å². The monoisotopic (exact) mass is 332 g/mol. The first-order chi connectivity index (χ1) is 11.5. The van der Waals surface area contributed by atoms with Gasteiger partial charge in [0.2, 0.25) is 5.91 Å². The van der Waals surface area contributed by atoms with Gasteiger partial charge in [-0.25, -0.2) is 4.98 Å². The quantitative estimate of drug-likeness (QED) is 0.838. The predicted molar refractivity (Wildman–Crippen MR) is 94.9 cm³/mol. The zero-order valence-corrected chi connectivity index (χ0v) is 14.8. The maximum Gasteiger partial charge on any atom is 0.257 e. The maximum absolute atomic E-state index is 12.9. The van der Waals surface area contributed by atoms with Gasteiger partial charge in [-0.15, -0.1) is 0 Å². The molecule has 1 atom stereocenters. The third-order valence-corrected chi connectivity index (χ3v) is 4.09. The third-order valence-electron chi connectivity index (χ3n) is 4.09. The first-order valence-corrected chi connectivity index (χ1v) is 8.81. The van der Waals surface area contributed by atoms with E-state index in [4.69, 9.17) is 0 Å². The van der Waals surface area contributed by atoms with Crippen LogP contribution < -0.4 is 10.6 Å². The number of piperidine rings is 1. The van der Waals surface area contributed by atoms with E-state index in [9.17, 15) is 9.59 Å². The molecule has 0 aromatic carbocycles. The van der Waals surface area contributed by atoms with Gasteiger partial charge in [0.05, 0.1) is 11.5 Å². The molecular weight excluding hydrogens is 304 g/mol. The lowest BCUT2D eigenvalue weighted by Gasteiger charge is -2.32. The summed E-state index contributed by atoms with van der Waals surface area (Å²) in [4.78, 5) is 31.2. The molecule has 1 saturated heterocycles. The maximum atomic E-state index is 12.9. The molecule has 0 spiro atoms. The largest absolute Gasteiger partial charge is 0.367 e. The predicted octanol–water partition coefficient (Wildman–Crippen LogP) is 2.28. The summed E-state index contributed by atoms with van der Waals surface area (Å²) in [6.45, 7) is 7.91. The van der Waals surface area contributed by atoms with Gasteiger partial charge >= 0.3 is 0 Å². The number of pyridine rings is 1. The number of likely N-dealkylation sites (tertiary alicyclic amines) is 1. The second-order valence-electron chi connectivity index (χ2n) is 6.58. The summed E-state index contributed by atoms with van der Waals surface area (Å²) in [5.41, 5.74) is 0.570. The number of amides is 2. The lowest BCUT2D eigenvalue weighted by atomic mass is 9.96. The molecule has 24 heavy (non-hydrogen) atoms. The Labute approximate surface area is 144 Å². The Hall–Kier alpha value is -2.11. The van der Waals surface area contributed by atoms with Crippen LogP contribution in [0, 0.1) is 5.92 Å². The Morgan fingerprint density at radius 2 is 2.21 bits per heavy atom. The van der Waals surface area contributed by atoms with Crippen LogP contribution in [0.1, 0.15) is 50.4 Å². The van der Waals surface area contributed by atoms with E-state index in [-0.39, 0.29) is 23.8 Å². The number of hydrogen-bond acceptors (Lipinski definition) is 4. The fraction of sp³-hybridized carbons (Fsp3) is 0.611. The summed E-state index contributed by atoms with van der Waals surface area (Å²) >= 11 is 0. The van der Waals surface area contributed by atoms with E-state index >= 15 is 0 Å². The lowest BCUT2D eigenvalue weighted by molar-refractivity contribution is -0.126. The minimum Gasteiger partial charge on any atom is -0.367 e. The highest BCUT2D eigenvalue weighted by atomic mass is 16.2. The van der Waals surface area contributed by atoms with Crippen molar-refractivity contribution in [2.45, 2.75) is 46.1 Å². The highest BCUT2D eigenvalue weighted by Crippen LogP contribution is 2.21. The molecule has 1 aliphatic heterocycles. The van der Waals surface area contributed by atoms with Gasteiger partial charge in [-0.2, -0.15) is 0 Å². The minimum absolute atomic E-state index is 0.0563. The summed E-state index contributed by atoms with van der Waals surface area (Å²) in [5.74, 6) is 0.489. The highest BCUT2D eigenvalue weighted by molar-refractivity contribution is 5.99. The van der Waals surface area contributed by atoms with Crippen molar-refractivity contribution < 1.29 is 9.59 Å². The minimum atomic E-state index is -0.118.